The molecular weight excluding hydrogens is 366 g/mol. The van der Waals surface area contributed by atoms with Crippen molar-refractivity contribution in [3.05, 3.63) is 82.5 Å². The summed E-state index contributed by atoms with van der Waals surface area (Å²) >= 11 is 0. The third-order valence-electron chi connectivity index (χ3n) is 5.53. The minimum atomic E-state index is -0.0732. The summed E-state index contributed by atoms with van der Waals surface area (Å²) in [6.07, 6.45) is 5.47. The third-order valence-corrected chi connectivity index (χ3v) is 5.53. The van der Waals surface area contributed by atoms with Crippen LogP contribution in [0.4, 0.5) is 0 Å². The molecule has 4 rings (SSSR count). The average Bonchev–Trinajstić information content (AvgIpc) is 3.27. The van der Waals surface area contributed by atoms with E-state index < -0.39 is 0 Å². The molecule has 150 valence electrons. The van der Waals surface area contributed by atoms with Crippen LogP contribution in [0, 0.1) is 6.92 Å². The molecule has 1 aromatic carbocycles. The Kier molecular flexibility index (Phi) is 5.25. The molecule has 0 atom stereocenters. The third kappa shape index (κ3) is 4.11. The lowest BCUT2D eigenvalue weighted by atomic mass is 10.1. The van der Waals surface area contributed by atoms with Crippen LogP contribution in [0.3, 0.4) is 0 Å². The number of amides is 1. The van der Waals surface area contributed by atoms with Crippen LogP contribution in [-0.2, 0) is 7.05 Å². The van der Waals surface area contributed by atoms with Gasteiger partial charge in [0.05, 0.1) is 0 Å². The minimum Gasteiger partial charge on any atom is -0.490 e. The van der Waals surface area contributed by atoms with Gasteiger partial charge in [-0.3, -0.25) is 9.59 Å². The summed E-state index contributed by atoms with van der Waals surface area (Å²) in [5.74, 6) is 0.655. The Morgan fingerprint density at radius 3 is 2.31 bits per heavy atom. The van der Waals surface area contributed by atoms with Gasteiger partial charge in [0.1, 0.15) is 11.9 Å². The van der Waals surface area contributed by atoms with Crippen molar-refractivity contribution >= 4 is 5.91 Å². The van der Waals surface area contributed by atoms with E-state index in [0.717, 1.165) is 24.2 Å². The van der Waals surface area contributed by atoms with Gasteiger partial charge in [0, 0.05) is 68.4 Å². The molecule has 6 nitrogen and oxygen atoms in total. The van der Waals surface area contributed by atoms with Gasteiger partial charge < -0.3 is 18.8 Å². The second kappa shape index (κ2) is 7.99. The average molecular weight is 391 g/mol. The van der Waals surface area contributed by atoms with Gasteiger partial charge in [-0.15, -0.1) is 0 Å². The lowest BCUT2D eigenvalue weighted by molar-refractivity contribution is 0.0595. The largest absolute Gasteiger partial charge is 0.490 e. The van der Waals surface area contributed by atoms with Gasteiger partial charge in [-0.05, 0) is 49.4 Å². The first-order valence-corrected chi connectivity index (χ1v) is 9.88. The Morgan fingerprint density at radius 2 is 1.69 bits per heavy atom. The zero-order valence-corrected chi connectivity index (χ0v) is 16.7. The maximum absolute atomic E-state index is 12.8. The smallest absolute Gasteiger partial charge is 0.254 e. The molecular formula is C23H25N3O3. The van der Waals surface area contributed by atoms with Gasteiger partial charge in [-0.2, -0.15) is 0 Å². The topological polar surface area (TPSA) is 56.5 Å². The highest BCUT2D eigenvalue weighted by atomic mass is 16.5. The molecule has 1 fully saturated rings. The summed E-state index contributed by atoms with van der Waals surface area (Å²) in [5, 5.41) is 0. The van der Waals surface area contributed by atoms with E-state index in [1.165, 1.54) is 6.07 Å². The molecule has 1 amide bonds. The van der Waals surface area contributed by atoms with E-state index in [9.17, 15) is 9.59 Å². The van der Waals surface area contributed by atoms with E-state index in [1.54, 1.807) is 11.6 Å². The number of aryl methyl sites for hydroxylation is 1. The molecule has 0 aliphatic carbocycles. The first-order valence-electron chi connectivity index (χ1n) is 9.88. The Bertz CT molecular complexity index is 1040. The molecule has 3 aromatic rings. The van der Waals surface area contributed by atoms with Gasteiger partial charge in [0.15, 0.2) is 0 Å². The van der Waals surface area contributed by atoms with Crippen molar-refractivity contribution in [3.8, 4) is 11.4 Å². The maximum atomic E-state index is 12.8. The molecule has 1 saturated heterocycles. The van der Waals surface area contributed by atoms with Gasteiger partial charge in [0.2, 0.25) is 0 Å². The highest BCUT2D eigenvalue weighted by Gasteiger charge is 2.25. The van der Waals surface area contributed by atoms with Crippen LogP contribution in [0.25, 0.3) is 5.69 Å². The first kappa shape index (κ1) is 19.1. The number of likely N-dealkylation sites (tertiary alicyclic amines) is 1. The number of carbonyl (C=O) groups excluding carboxylic acids is 1. The summed E-state index contributed by atoms with van der Waals surface area (Å²) in [7, 11) is 1.75. The van der Waals surface area contributed by atoms with Gasteiger partial charge in [-0.1, -0.05) is 0 Å². The van der Waals surface area contributed by atoms with Gasteiger partial charge >= 0.3 is 0 Å². The number of benzene rings is 1. The van der Waals surface area contributed by atoms with Crippen LogP contribution in [0.5, 0.6) is 5.75 Å². The van der Waals surface area contributed by atoms with E-state index in [4.69, 9.17) is 4.74 Å². The minimum absolute atomic E-state index is 0.0154. The second-order valence-electron chi connectivity index (χ2n) is 7.48. The molecule has 0 unspecified atom stereocenters. The zero-order chi connectivity index (χ0) is 20.4. The Labute approximate surface area is 170 Å². The molecule has 2 aromatic heterocycles. The number of rotatable bonds is 4. The molecule has 0 radical (unpaired) electrons. The monoisotopic (exact) mass is 391 g/mol. The van der Waals surface area contributed by atoms with Gasteiger partial charge in [-0.25, -0.2) is 0 Å². The zero-order valence-electron chi connectivity index (χ0n) is 16.7. The van der Waals surface area contributed by atoms with Crippen LogP contribution < -0.4 is 10.3 Å². The van der Waals surface area contributed by atoms with Crippen LogP contribution >= 0.6 is 0 Å². The summed E-state index contributed by atoms with van der Waals surface area (Å²) in [6.45, 7) is 3.18. The van der Waals surface area contributed by atoms with Crippen molar-refractivity contribution < 1.29 is 9.53 Å². The number of ether oxygens (including phenoxy) is 1. The molecule has 0 spiro atoms. The van der Waals surface area contributed by atoms with Crippen molar-refractivity contribution in [2.24, 2.45) is 7.05 Å². The Hall–Kier alpha value is -3.28. The van der Waals surface area contributed by atoms with E-state index in [-0.39, 0.29) is 17.6 Å². The molecule has 0 N–H and O–H groups in total. The maximum Gasteiger partial charge on any atom is 0.254 e. The fourth-order valence-electron chi connectivity index (χ4n) is 3.64. The van der Waals surface area contributed by atoms with Crippen LogP contribution in [-0.4, -0.2) is 39.1 Å². The van der Waals surface area contributed by atoms with Crippen molar-refractivity contribution in [2.45, 2.75) is 25.9 Å². The lowest BCUT2D eigenvalue weighted by Crippen LogP contribution is -2.41. The molecule has 1 aliphatic heterocycles. The Balaban J connectivity index is 1.35. The number of hydrogen-bond donors (Lipinski definition) is 0. The number of hydrogen-bond acceptors (Lipinski definition) is 3. The normalized spacial score (nSPS) is 14.8. The molecule has 0 saturated carbocycles. The highest BCUT2D eigenvalue weighted by Crippen LogP contribution is 2.20. The number of carbonyl (C=O) groups is 1. The van der Waals surface area contributed by atoms with E-state index in [2.05, 4.69) is 0 Å². The van der Waals surface area contributed by atoms with Crippen molar-refractivity contribution in [1.29, 1.82) is 0 Å². The fourth-order valence-corrected chi connectivity index (χ4v) is 3.64. The number of aromatic nitrogens is 2. The van der Waals surface area contributed by atoms with Crippen LogP contribution in [0.2, 0.25) is 0 Å². The first-order chi connectivity index (χ1) is 14.0. The number of pyridine rings is 1. The van der Waals surface area contributed by atoms with E-state index in [1.807, 2.05) is 71.2 Å². The predicted octanol–water partition coefficient (Wildman–Crippen LogP) is 3.17. The standard InChI is InChI=1S/C23H25N3O3/c1-17-15-21(16-22(27)24(17)2)29-20-9-13-26(14-10-20)23(28)18-5-7-19(8-6-18)25-11-3-4-12-25/h3-8,11-12,15-16,20H,9-10,13-14H2,1-2H3. The molecule has 0 bridgehead atoms. The van der Waals surface area contributed by atoms with Crippen LogP contribution in [0.1, 0.15) is 28.9 Å². The molecule has 29 heavy (non-hydrogen) atoms. The lowest BCUT2D eigenvalue weighted by Gasteiger charge is -2.32. The Morgan fingerprint density at radius 1 is 1.03 bits per heavy atom. The van der Waals surface area contributed by atoms with Crippen molar-refractivity contribution in [1.82, 2.24) is 14.0 Å². The fraction of sp³-hybridized carbons (Fsp3) is 0.304. The molecule has 1 aliphatic rings. The molecule has 3 heterocycles. The van der Waals surface area contributed by atoms with Crippen molar-refractivity contribution in [2.75, 3.05) is 13.1 Å². The predicted molar refractivity (Wildman–Crippen MR) is 112 cm³/mol. The summed E-state index contributed by atoms with van der Waals surface area (Å²) in [4.78, 5) is 26.6. The summed E-state index contributed by atoms with van der Waals surface area (Å²) in [5.41, 5.74) is 2.52. The molecule has 6 heteroatoms. The highest BCUT2D eigenvalue weighted by molar-refractivity contribution is 5.94. The summed E-state index contributed by atoms with van der Waals surface area (Å²) < 4.78 is 9.61. The van der Waals surface area contributed by atoms with E-state index in [0.29, 0.717) is 24.4 Å². The van der Waals surface area contributed by atoms with Crippen molar-refractivity contribution in [3.63, 3.8) is 0 Å². The number of piperidine rings is 1. The van der Waals surface area contributed by atoms with Crippen LogP contribution in [0.15, 0.2) is 65.7 Å². The van der Waals surface area contributed by atoms with Gasteiger partial charge in [0.25, 0.3) is 11.5 Å². The number of nitrogens with zero attached hydrogens (tertiary/aromatic N) is 3. The SMILES string of the molecule is Cc1cc(OC2CCN(C(=O)c3ccc(-n4cccc4)cc3)CC2)cc(=O)n1C. The quantitative estimate of drug-likeness (QED) is 0.686. The van der Waals surface area contributed by atoms with E-state index >= 15 is 0 Å². The summed E-state index contributed by atoms with van der Waals surface area (Å²) in [6, 6.07) is 15.0. The second-order valence-corrected chi connectivity index (χ2v) is 7.48.